The molecule has 0 aromatic carbocycles. The molecule has 6 nitrogen and oxygen atoms in total. The van der Waals surface area contributed by atoms with Crippen LogP contribution in [0.3, 0.4) is 0 Å². The van der Waals surface area contributed by atoms with Gasteiger partial charge in [-0.2, -0.15) is 0 Å². The van der Waals surface area contributed by atoms with Gasteiger partial charge in [-0.15, -0.1) is 12.4 Å². The summed E-state index contributed by atoms with van der Waals surface area (Å²) in [5.74, 6) is 0.486. The van der Waals surface area contributed by atoms with E-state index in [-0.39, 0.29) is 30.3 Å². The lowest BCUT2D eigenvalue weighted by atomic mass is 10.0. The van der Waals surface area contributed by atoms with E-state index in [2.05, 4.69) is 15.5 Å². The molecular weight excluding hydrogens is 328 g/mol. The molecule has 3 N–H and O–H groups in total. The number of fused-ring (bicyclic) bond motifs is 1. The summed E-state index contributed by atoms with van der Waals surface area (Å²) in [6.07, 6.45) is 3.18. The van der Waals surface area contributed by atoms with Crippen molar-refractivity contribution in [1.29, 1.82) is 0 Å². The first-order chi connectivity index (χ1) is 11.0. The van der Waals surface area contributed by atoms with Crippen molar-refractivity contribution in [3.8, 4) is 0 Å². The van der Waals surface area contributed by atoms with Gasteiger partial charge >= 0.3 is 0 Å². The van der Waals surface area contributed by atoms with E-state index in [1.165, 1.54) is 0 Å². The maximum Gasteiger partial charge on any atom is 0.259 e. The Balaban J connectivity index is 0.00000208. The smallest absolute Gasteiger partial charge is 0.259 e. The second-order valence-corrected chi connectivity index (χ2v) is 6.70. The molecule has 1 saturated carbocycles. The summed E-state index contributed by atoms with van der Waals surface area (Å²) >= 11 is 0. The Morgan fingerprint density at radius 2 is 2.21 bits per heavy atom. The van der Waals surface area contributed by atoms with Gasteiger partial charge in [0.25, 0.3) is 11.6 Å². The number of nitrogens with one attached hydrogen (secondary N) is 1. The minimum atomic E-state index is -0.0871. The number of hydrogen-bond donors (Lipinski definition) is 2. The number of hydrogen-bond acceptors (Lipinski definition) is 5. The van der Waals surface area contributed by atoms with E-state index in [4.69, 9.17) is 10.3 Å². The summed E-state index contributed by atoms with van der Waals surface area (Å²) in [7, 11) is 0. The van der Waals surface area contributed by atoms with Gasteiger partial charge in [0.1, 0.15) is 0 Å². The van der Waals surface area contributed by atoms with Crippen molar-refractivity contribution in [2.45, 2.75) is 52.0 Å². The van der Waals surface area contributed by atoms with Gasteiger partial charge in [-0.1, -0.05) is 25.4 Å². The Bertz CT molecular complexity index is 729. The molecule has 0 aliphatic heterocycles. The molecule has 24 heavy (non-hydrogen) atoms. The topological polar surface area (TPSA) is 94.0 Å². The summed E-state index contributed by atoms with van der Waals surface area (Å²) in [6, 6.07) is 2.01. The van der Waals surface area contributed by atoms with Crippen molar-refractivity contribution < 1.29 is 9.32 Å². The minimum absolute atomic E-state index is 0. The third-order valence-electron chi connectivity index (χ3n) is 4.75. The first kappa shape index (κ1) is 18.7. The lowest BCUT2D eigenvalue weighted by molar-refractivity contribution is 0.0930. The number of nitrogens with two attached hydrogens (primary N) is 1. The molecule has 1 amide bonds. The molecular formula is C17H25ClN4O2. The molecule has 0 radical (unpaired) electrons. The summed E-state index contributed by atoms with van der Waals surface area (Å²) < 4.78 is 5.28. The third kappa shape index (κ3) is 3.39. The number of halogens is 1. The number of aryl methyl sites for hydroxylation is 1. The molecule has 132 valence electrons. The molecule has 2 aromatic heterocycles. The van der Waals surface area contributed by atoms with Crippen molar-refractivity contribution in [1.82, 2.24) is 15.5 Å². The second kappa shape index (κ2) is 7.49. The molecule has 2 aromatic rings. The molecule has 0 spiro atoms. The molecule has 2 unspecified atom stereocenters. The van der Waals surface area contributed by atoms with Crippen LogP contribution in [0, 0.1) is 12.8 Å². The van der Waals surface area contributed by atoms with Gasteiger partial charge < -0.3 is 15.6 Å². The summed E-state index contributed by atoms with van der Waals surface area (Å²) in [5, 5.41) is 7.82. The predicted molar refractivity (Wildman–Crippen MR) is 95.5 cm³/mol. The molecule has 0 bridgehead atoms. The Kier molecular flexibility index (Phi) is 5.83. The van der Waals surface area contributed by atoms with Crippen LogP contribution in [-0.4, -0.2) is 28.6 Å². The predicted octanol–water partition coefficient (Wildman–Crippen LogP) is 2.93. The van der Waals surface area contributed by atoms with Gasteiger partial charge in [-0.25, -0.2) is 4.98 Å². The quantitative estimate of drug-likeness (QED) is 0.882. The van der Waals surface area contributed by atoms with Crippen molar-refractivity contribution in [2.24, 2.45) is 11.7 Å². The standard InChI is InChI=1S/C17H24N4O2.ClH/c1-9(2)14-7-12(15-10(3)21-23-17(15)20-14)16(22)19-13-6-4-5-11(13)8-18;/h7,9,11,13H,4-6,8,18H2,1-3H3,(H,19,22);1H. The van der Waals surface area contributed by atoms with Gasteiger partial charge in [0.15, 0.2) is 0 Å². The molecule has 1 fully saturated rings. The monoisotopic (exact) mass is 352 g/mol. The van der Waals surface area contributed by atoms with Gasteiger partial charge in [0, 0.05) is 11.7 Å². The number of rotatable bonds is 4. The van der Waals surface area contributed by atoms with Crippen molar-refractivity contribution in [3.05, 3.63) is 23.0 Å². The van der Waals surface area contributed by atoms with E-state index < -0.39 is 0 Å². The van der Waals surface area contributed by atoms with Gasteiger partial charge in [-0.05, 0) is 44.2 Å². The molecule has 3 rings (SSSR count). The lowest BCUT2D eigenvalue weighted by Gasteiger charge is -2.20. The zero-order chi connectivity index (χ0) is 16.6. The Morgan fingerprint density at radius 3 is 2.88 bits per heavy atom. The van der Waals surface area contributed by atoms with Crippen LogP contribution in [-0.2, 0) is 0 Å². The van der Waals surface area contributed by atoms with Crippen molar-refractivity contribution in [2.75, 3.05) is 6.54 Å². The largest absolute Gasteiger partial charge is 0.349 e. The van der Waals surface area contributed by atoms with Crippen LogP contribution in [0.4, 0.5) is 0 Å². The number of pyridine rings is 1. The molecule has 1 aliphatic carbocycles. The van der Waals surface area contributed by atoms with Gasteiger partial charge in [-0.3, -0.25) is 4.79 Å². The fourth-order valence-corrected chi connectivity index (χ4v) is 3.34. The molecule has 2 heterocycles. The van der Waals surface area contributed by atoms with E-state index in [1.54, 1.807) is 0 Å². The Labute approximate surface area is 148 Å². The van der Waals surface area contributed by atoms with E-state index in [0.29, 0.717) is 34.8 Å². The lowest BCUT2D eigenvalue weighted by Crippen LogP contribution is -2.40. The first-order valence-corrected chi connectivity index (χ1v) is 8.29. The normalized spacial score (nSPS) is 20.4. The van der Waals surface area contributed by atoms with Gasteiger partial charge in [0.05, 0.1) is 16.6 Å². The summed E-state index contributed by atoms with van der Waals surface area (Å²) in [5.41, 5.74) is 8.37. The first-order valence-electron chi connectivity index (χ1n) is 8.29. The molecule has 2 atom stereocenters. The highest BCUT2D eigenvalue weighted by Crippen LogP contribution is 2.28. The van der Waals surface area contributed by atoms with Crippen LogP contribution >= 0.6 is 12.4 Å². The zero-order valence-electron chi connectivity index (χ0n) is 14.3. The SMILES string of the molecule is Cc1noc2nc(C(C)C)cc(C(=O)NC3CCCC3CN)c12.Cl. The average Bonchev–Trinajstić information content (AvgIpc) is 3.13. The number of carbonyl (C=O) groups excluding carboxylic acids is 1. The molecule has 1 aliphatic rings. The van der Waals surface area contributed by atoms with Crippen LogP contribution < -0.4 is 11.1 Å². The minimum Gasteiger partial charge on any atom is -0.349 e. The van der Waals surface area contributed by atoms with Crippen molar-refractivity contribution >= 4 is 29.4 Å². The maximum absolute atomic E-state index is 12.9. The third-order valence-corrected chi connectivity index (χ3v) is 4.75. The fourth-order valence-electron chi connectivity index (χ4n) is 3.34. The second-order valence-electron chi connectivity index (χ2n) is 6.70. The van der Waals surface area contributed by atoms with Gasteiger partial charge in [0.2, 0.25) is 0 Å². The number of carbonyl (C=O) groups is 1. The Morgan fingerprint density at radius 1 is 1.46 bits per heavy atom. The van der Waals surface area contributed by atoms with E-state index >= 15 is 0 Å². The number of amides is 1. The van der Waals surface area contributed by atoms with Crippen LogP contribution in [0.1, 0.15) is 60.8 Å². The highest BCUT2D eigenvalue weighted by molar-refractivity contribution is 6.06. The summed E-state index contributed by atoms with van der Waals surface area (Å²) in [4.78, 5) is 17.3. The molecule has 7 heteroatoms. The van der Waals surface area contributed by atoms with E-state index in [1.807, 2.05) is 26.8 Å². The fraction of sp³-hybridized carbons (Fsp3) is 0.588. The van der Waals surface area contributed by atoms with Crippen LogP contribution in [0.15, 0.2) is 10.6 Å². The number of nitrogens with zero attached hydrogens (tertiary/aromatic N) is 2. The van der Waals surface area contributed by atoms with Crippen LogP contribution in [0.2, 0.25) is 0 Å². The highest BCUT2D eigenvalue weighted by Gasteiger charge is 2.29. The highest BCUT2D eigenvalue weighted by atomic mass is 35.5. The van der Waals surface area contributed by atoms with Crippen molar-refractivity contribution in [3.63, 3.8) is 0 Å². The average molecular weight is 353 g/mol. The Hall–Kier alpha value is -1.66. The maximum atomic E-state index is 12.9. The van der Waals surface area contributed by atoms with Crippen LogP contribution in [0.5, 0.6) is 0 Å². The summed E-state index contributed by atoms with van der Waals surface area (Å²) in [6.45, 7) is 6.53. The molecule has 0 saturated heterocycles. The zero-order valence-corrected chi connectivity index (χ0v) is 15.2. The number of aromatic nitrogens is 2. The van der Waals surface area contributed by atoms with Crippen LogP contribution in [0.25, 0.3) is 11.1 Å². The van der Waals surface area contributed by atoms with E-state index in [9.17, 15) is 4.79 Å². The van der Waals surface area contributed by atoms with E-state index in [0.717, 1.165) is 25.0 Å².